The maximum Gasteiger partial charge on any atom is 0.288 e. The summed E-state index contributed by atoms with van der Waals surface area (Å²) in [5, 5.41) is 15.0. The Bertz CT molecular complexity index is 1220. The van der Waals surface area contributed by atoms with Crippen LogP contribution in [0.1, 0.15) is 23.5 Å². The van der Waals surface area contributed by atoms with Gasteiger partial charge in [-0.3, -0.25) is 14.2 Å². The van der Waals surface area contributed by atoms with Gasteiger partial charge in [-0.15, -0.1) is 0 Å². The Hall–Kier alpha value is -3.29. The average Bonchev–Trinajstić information content (AvgIpc) is 3.19. The Kier molecular flexibility index (Phi) is 4.69. The standard InChI is InChI=1S/C23H22N4O3/c28-15-23(8-11-30-12-9-23)26-22(29)21-25-20(19-7-3-4-10-27(19)21)18-14-24-13-16-5-1-2-6-17(16)18/h1-7,10,13-14,28H,8-9,11-12,15H2,(H,26,29). The molecule has 0 unspecified atom stereocenters. The molecule has 4 heterocycles. The fourth-order valence-corrected chi connectivity index (χ4v) is 4.08. The van der Waals surface area contributed by atoms with Crippen LogP contribution in [0, 0.1) is 0 Å². The zero-order chi connectivity index (χ0) is 20.6. The normalized spacial score (nSPS) is 16.0. The third-order valence-corrected chi connectivity index (χ3v) is 5.81. The highest BCUT2D eigenvalue weighted by molar-refractivity contribution is 6.01. The largest absolute Gasteiger partial charge is 0.394 e. The SMILES string of the molecule is O=C(NC1(CO)CCOCC1)c1nc(-c2cncc3ccccc23)c2ccccn12. The van der Waals surface area contributed by atoms with Crippen LogP contribution in [0.5, 0.6) is 0 Å². The van der Waals surface area contributed by atoms with Gasteiger partial charge in [0.05, 0.1) is 23.4 Å². The molecule has 1 aliphatic rings. The summed E-state index contributed by atoms with van der Waals surface area (Å²) in [5.41, 5.74) is 1.72. The first-order chi connectivity index (χ1) is 14.7. The minimum absolute atomic E-state index is 0.133. The Morgan fingerprint density at radius 2 is 1.93 bits per heavy atom. The molecule has 30 heavy (non-hydrogen) atoms. The monoisotopic (exact) mass is 402 g/mol. The Morgan fingerprint density at radius 1 is 1.13 bits per heavy atom. The lowest BCUT2D eigenvalue weighted by molar-refractivity contribution is 0.0123. The molecule has 1 fully saturated rings. The third-order valence-electron chi connectivity index (χ3n) is 5.81. The molecule has 0 atom stereocenters. The van der Waals surface area contributed by atoms with Crippen LogP contribution in [0.4, 0.5) is 0 Å². The summed E-state index contributed by atoms with van der Waals surface area (Å²) >= 11 is 0. The van der Waals surface area contributed by atoms with Crippen molar-refractivity contribution in [1.82, 2.24) is 19.7 Å². The molecule has 1 aromatic carbocycles. The number of imidazole rings is 1. The van der Waals surface area contributed by atoms with Gasteiger partial charge in [0.15, 0.2) is 0 Å². The molecule has 0 bridgehead atoms. The first kappa shape index (κ1) is 18.7. The molecule has 152 valence electrons. The molecule has 3 aromatic heterocycles. The maximum atomic E-state index is 13.2. The van der Waals surface area contributed by atoms with Crippen LogP contribution in [-0.2, 0) is 4.74 Å². The molecule has 4 aromatic rings. The smallest absolute Gasteiger partial charge is 0.288 e. The molecule has 2 N–H and O–H groups in total. The van der Waals surface area contributed by atoms with Crippen LogP contribution in [0.2, 0.25) is 0 Å². The van der Waals surface area contributed by atoms with Gasteiger partial charge in [0.2, 0.25) is 5.82 Å². The summed E-state index contributed by atoms with van der Waals surface area (Å²) in [6, 6.07) is 13.7. The second-order valence-corrected chi connectivity index (χ2v) is 7.65. The topological polar surface area (TPSA) is 88.8 Å². The van der Waals surface area contributed by atoms with Crippen LogP contribution >= 0.6 is 0 Å². The van der Waals surface area contributed by atoms with Gasteiger partial charge in [0, 0.05) is 42.8 Å². The third kappa shape index (κ3) is 3.12. The van der Waals surface area contributed by atoms with Gasteiger partial charge in [-0.1, -0.05) is 30.3 Å². The molecule has 0 radical (unpaired) electrons. The molecule has 0 saturated carbocycles. The molecular formula is C23H22N4O3. The molecule has 5 rings (SSSR count). The number of carbonyl (C=O) groups is 1. The molecule has 1 saturated heterocycles. The van der Waals surface area contributed by atoms with Crippen molar-refractivity contribution >= 4 is 22.2 Å². The lowest BCUT2D eigenvalue weighted by atomic mass is 9.91. The number of fused-ring (bicyclic) bond motifs is 2. The number of pyridine rings is 2. The molecule has 7 heteroatoms. The van der Waals surface area contributed by atoms with E-state index in [1.165, 1.54) is 0 Å². The molecule has 7 nitrogen and oxygen atoms in total. The van der Waals surface area contributed by atoms with Crippen LogP contribution in [0.25, 0.3) is 27.5 Å². The van der Waals surface area contributed by atoms with Crippen LogP contribution in [0.3, 0.4) is 0 Å². The summed E-state index contributed by atoms with van der Waals surface area (Å²) in [6.07, 6.45) is 6.57. The highest BCUT2D eigenvalue weighted by Gasteiger charge is 2.35. The van der Waals surface area contributed by atoms with E-state index in [9.17, 15) is 9.90 Å². The number of carbonyl (C=O) groups excluding carboxylic acids is 1. The predicted molar refractivity (Wildman–Crippen MR) is 113 cm³/mol. The number of benzene rings is 1. The zero-order valence-electron chi connectivity index (χ0n) is 16.4. The fourth-order valence-electron chi connectivity index (χ4n) is 4.08. The number of nitrogens with one attached hydrogen (secondary N) is 1. The lowest BCUT2D eigenvalue weighted by Crippen LogP contribution is -2.54. The lowest BCUT2D eigenvalue weighted by Gasteiger charge is -2.36. The van der Waals surface area contributed by atoms with Crippen molar-refractivity contribution < 1.29 is 14.6 Å². The van der Waals surface area contributed by atoms with Gasteiger partial charge in [-0.25, -0.2) is 4.98 Å². The second kappa shape index (κ2) is 7.51. The van der Waals surface area contributed by atoms with E-state index in [4.69, 9.17) is 9.72 Å². The predicted octanol–water partition coefficient (Wildman–Crippen LogP) is 2.82. The van der Waals surface area contributed by atoms with Crippen molar-refractivity contribution in [3.8, 4) is 11.3 Å². The first-order valence-corrected chi connectivity index (χ1v) is 10.0. The van der Waals surface area contributed by atoms with E-state index in [1.54, 1.807) is 10.6 Å². The van der Waals surface area contributed by atoms with Gasteiger partial charge < -0.3 is 15.2 Å². The minimum atomic E-state index is -0.683. The van der Waals surface area contributed by atoms with E-state index in [0.29, 0.717) is 31.7 Å². The van der Waals surface area contributed by atoms with Gasteiger partial charge in [-0.05, 0) is 30.4 Å². The van der Waals surface area contributed by atoms with E-state index >= 15 is 0 Å². The number of aliphatic hydroxyl groups is 1. The number of nitrogens with zero attached hydrogens (tertiary/aromatic N) is 3. The Labute approximate surface area is 173 Å². The minimum Gasteiger partial charge on any atom is -0.394 e. The second-order valence-electron chi connectivity index (χ2n) is 7.65. The summed E-state index contributed by atoms with van der Waals surface area (Å²) in [7, 11) is 0. The van der Waals surface area contributed by atoms with Crippen LogP contribution < -0.4 is 5.32 Å². The number of ether oxygens (including phenoxy) is 1. The summed E-state index contributed by atoms with van der Waals surface area (Å²) in [5.74, 6) is -0.0283. The molecule has 1 aliphatic heterocycles. The first-order valence-electron chi connectivity index (χ1n) is 10.0. The van der Waals surface area contributed by atoms with E-state index in [0.717, 1.165) is 21.9 Å². The molecule has 0 spiro atoms. The van der Waals surface area contributed by atoms with E-state index < -0.39 is 5.54 Å². The van der Waals surface area contributed by atoms with Crippen LogP contribution in [-0.4, -0.2) is 50.7 Å². The number of aromatic nitrogens is 3. The Balaban J connectivity index is 1.62. The highest BCUT2D eigenvalue weighted by Crippen LogP contribution is 2.31. The number of hydrogen-bond acceptors (Lipinski definition) is 5. The molecular weight excluding hydrogens is 380 g/mol. The quantitative estimate of drug-likeness (QED) is 0.548. The van der Waals surface area contributed by atoms with Crippen molar-refractivity contribution in [2.75, 3.05) is 19.8 Å². The fraction of sp³-hybridized carbons (Fsp3) is 0.261. The van der Waals surface area contributed by atoms with E-state index in [-0.39, 0.29) is 18.3 Å². The van der Waals surface area contributed by atoms with Crippen molar-refractivity contribution in [3.63, 3.8) is 0 Å². The van der Waals surface area contributed by atoms with Gasteiger partial charge in [0.1, 0.15) is 0 Å². The van der Waals surface area contributed by atoms with E-state index in [1.807, 2.05) is 54.9 Å². The highest BCUT2D eigenvalue weighted by atomic mass is 16.5. The van der Waals surface area contributed by atoms with Gasteiger partial charge in [0.25, 0.3) is 5.91 Å². The number of hydrogen-bond donors (Lipinski definition) is 2. The van der Waals surface area contributed by atoms with E-state index in [2.05, 4.69) is 10.3 Å². The maximum absolute atomic E-state index is 13.2. The van der Waals surface area contributed by atoms with Crippen molar-refractivity contribution in [3.05, 3.63) is 66.9 Å². The summed E-state index contributed by atoms with van der Waals surface area (Å²) in [4.78, 5) is 22.3. The van der Waals surface area contributed by atoms with Gasteiger partial charge >= 0.3 is 0 Å². The zero-order valence-corrected chi connectivity index (χ0v) is 16.4. The van der Waals surface area contributed by atoms with Gasteiger partial charge in [-0.2, -0.15) is 0 Å². The Morgan fingerprint density at radius 3 is 2.77 bits per heavy atom. The number of amides is 1. The van der Waals surface area contributed by atoms with Crippen molar-refractivity contribution in [2.45, 2.75) is 18.4 Å². The summed E-state index contributed by atoms with van der Waals surface area (Å²) < 4.78 is 7.19. The van der Waals surface area contributed by atoms with Crippen molar-refractivity contribution in [1.29, 1.82) is 0 Å². The van der Waals surface area contributed by atoms with Crippen LogP contribution in [0.15, 0.2) is 61.1 Å². The summed E-state index contributed by atoms with van der Waals surface area (Å²) in [6.45, 7) is 0.887. The molecule has 0 aliphatic carbocycles. The molecule has 1 amide bonds. The van der Waals surface area contributed by atoms with Crippen molar-refractivity contribution in [2.24, 2.45) is 0 Å². The number of rotatable bonds is 4. The number of aliphatic hydroxyl groups excluding tert-OH is 1. The average molecular weight is 402 g/mol.